The van der Waals surface area contributed by atoms with Crippen molar-refractivity contribution in [3.63, 3.8) is 0 Å². The largest absolute Gasteiger partial charge is 0.478 e. The Morgan fingerprint density at radius 1 is 1.47 bits per heavy atom. The van der Waals surface area contributed by atoms with E-state index in [9.17, 15) is 13.2 Å². The molecule has 4 N–H and O–H groups in total. The lowest BCUT2D eigenvalue weighted by molar-refractivity contribution is 0.0697. The summed E-state index contributed by atoms with van der Waals surface area (Å²) < 4.78 is 22.6. The molecule has 0 atom stereocenters. The quantitative estimate of drug-likeness (QED) is 0.695. The first-order valence-electron chi connectivity index (χ1n) is 5.61. The number of anilines is 1. The molecule has 0 aliphatic carbocycles. The Hall–Kier alpha value is -1.31. The second-order valence-electron chi connectivity index (χ2n) is 3.96. The first kappa shape index (κ1) is 15.7. The zero-order valence-electron chi connectivity index (χ0n) is 10.3. The van der Waals surface area contributed by atoms with Gasteiger partial charge in [0.25, 0.3) is 0 Å². The molecule has 0 bridgehead atoms. The maximum atomic E-state index is 11.3. The van der Waals surface area contributed by atoms with E-state index in [2.05, 4.69) is 5.32 Å². The first-order valence-corrected chi connectivity index (χ1v) is 7.53. The van der Waals surface area contributed by atoms with E-state index in [1.807, 2.05) is 6.92 Å². The molecule has 1 aromatic rings. The molecule has 0 aliphatic heterocycles. The molecule has 0 saturated heterocycles. The molecule has 1 rings (SSSR count). The number of benzene rings is 1. The Labute approximate surface area is 116 Å². The third-order valence-electron chi connectivity index (χ3n) is 2.45. The van der Waals surface area contributed by atoms with Gasteiger partial charge in [-0.1, -0.05) is 24.9 Å². The molecule has 6 nitrogen and oxygen atoms in total. The average Bonchev–Trinajstić information content (AvgIpc) is 2.27. The van der Waals surface area contributed by atoms with Crippen LogP contribution in [-0.2, 0) is 10.0 Å². The lowest BCUT2D eigenvalue weighted by Gasteiger charge is -2.12. The summed E-state index contributed by atoms with van der Waals surface area (Å²) in [6.45, 7) is 2.57. The number of carboxylic acid groups (broad SMARTS) is 1. The van der Waals surface area contributed by atoms with Crippen LogP contribution in [0.15, 0.2) is 17.0 Å². The second-order valence-corrected chi connectivity index (χ2v) is 5.90. The predicted molar refractivity (Wildman–Crippen MR) is 73.2 cm³/mol. The summed E-state index contributed by atoms with van der Waals surface area (Å²) >= 11 is 5.81. The van der Waals surface area contributed by atoms with E-state index in [-0.39, 0.29) is 16.3 Å². The standard InChI is InChI=1S/C11H15ClN2O4S/c1-2-3-4-14-9-6-8(12)10(19(13,17)18)5-7(9)11(15)16/h5-6,14H,2-4H2,1H3,(H,15,16)(H2,13,17,18). The number of nitrogens with two attached hydrogens (primary N) is 1. The van der Waals surface area contributed by atoms with Crippen molar-refractivity contribution >= 4 is 33.3 Å². The van der Waals surface area contributed by atoms with Crippen LogP contribution in [0.3, 0.4) is 0 Å². The number of hydrogen-bond acceptors (Lipinski definition) is 4. The van der Waals surface area contributed by atoms with Gasteiger partial charge in [0.05, 0.1) is 16.3 Å². The molecule has 106 valence electrons. The number of carbonyl (C=O) groups is 1. The minimum absolute atomic E-state index is 0.105. The molecule has 0 unspecified atom stereocenters. The Bertz CT molecular complexity index is 587. The van der Waals surface area contributed by atoms with Crippen LogP contribution in [0.5, 0.6) is 0 Å². The molecule has 0 aromatic heterocycles. The number of nitrogens with one attached hydrogen (secondary N) is 1. The van der Waals surface area contributed by atoms with Crippen LogP contribution in [0, 0.1) is 0 Å². The number of unbranched alkanes of at least 4 members (excludes halogenated alkanes) is 1. The van der Waals surface area contributed by atoms with Crippen LogP contribution in [0.1, 0.15) is 30.1 Å². The van der Waals surface area contributed by atoms with Gasteiger partial charge in [-0.25, -0.2) is 18.4 Å². The summed E-state index contributed by atoms with van der Waals surface area (Å²) in [5.74, 6) is -1.25. The molecule has 0 radical (unpaired) electrons. The molecule has 8 heteroatoms. The summed E-state index contributed by atoms with van der Waals surface area (Å²) in [6.07, 6.45) is 1.80. The van der Waals surface area contributed by atoms with Gasteiger partial charge in [-0.15, -0.1) is 0 Å². The summed E-state index contributed by atoms with van der Waals surface area (Å²) in [5, 5.41) is 16.9. The van der Waals surface area contributed by atoms with E-state index >= 15 is 0 Å². The molecule has 1 aromatic carbocycles. The lowest BCUT2D eigenvalue weighted by Crippen LogP contribution is -2.15. The van der Waals surface area contributed by atoms with Gasteiger partial charge in [-0.05, 0) is 18.6 Å². The third-order valence-corrected chi connectivity index (χ3v) is 3.83. The van der Waals surface area contributed by atoms with Crippen LogP contribution in [0.4, 0.5) is 5.69 Å². The van der Waals surface area contributed by atoms with E-state index in [4.69, 9.17) is 21.8 Å². The zero-order chi connectivity index (χ0) is 14.6. The van der Waals surface area contributed by atoms with Crippen molar-refractivity contribution in [1.82, 2.24) is 0 Å². The predicted octanol–water partition coefficient (Wildman–Crippen LogP) is 1.90. The smallest absolute Gasteiger partial charge is 0.337 e. The van der Waals surface area contributed by atoms with Crippen LogP contribution < -0.4 is 10.5 Å². The Kier molecular flexibility index (Phi) is 5.16. The fourth-order valence-corrected chi connectivity index (χ4v) is 2.59. The summed E-state index contributed by atoms with van der Waals surface area (Å²) in [7, 11) is -4.05. The molecular weight excluding hydrogens is 292 g/mol. The van der Waals surface area contributed by atoms with Crippen molar-refractivity contribution in [1.29, 1.82) is 0 Å². The van der Waals surface area contributed by atoms with E-state index in [0.29, 0.717) is 6.54 Å². The fourth-order valence-electron chi connectivity index (χ4n) is 1.49. The SMILES string of the molecule is CCCCNc1cc(Cl)c(S(N)(=O)=O)cc1C(=O)O. The average molecular weight is 307 g/mol. The maximum absolute atomic E-state index is 11.3. The van der Waals surface area contributed by atoms with E-state index in [0.717, 1.165) is 18.9 Å². The molecule has 19 heavy (non-hydrogen) atoms. The molecule has 0 amide bonds. The highest BCUT2D eigenvalue weighted by molar-refractivity contribution is 7.89. The fraction of sp³-hybridized carbons (Fsp3) is 0.364. The van der Waals surface area contributed by atoms with Gasteiger partial charge in [-0.2, -0.15) is 0 Å². The highest BCUT2D eigenvalue weighted by atomic mass is 35.5. The number of carboxylic acids is 1. The van der Waals surface area contributed by atoms with E-state index in [1.165, 1.54) is 6.07 Å². The summed E-state index contributed by atoms with van der Waals surface area (Å²) in [4.78, 5) is 10.7. The number of aromatic carboxylic acids is 1. The number of hydrogen-bond donors (Lipinski definition) is 3. The Morgan fingerprint density at radius 2 is 2.11 bits per heavy atom. The van der Waals surface area contributed by atoms with Gasteiger partial charge < -0.3 is 10.4 Å². The van der Waals surface area contributed by atoms with Crippen molar-refractivity contribution in [2.45, 2.75) is 24.7 Å². The van der Waals surface area contributed by atoms with Gasteiger partial charge >= 0.3 is 5.97 Å². The maximum Gasteiger partial charge on any atom is 0.337 e. The molecule has 0 heterocycles. The van der Waals surface area contributed by atoms with Crippen molar-refractivity contribution in [3.8, 4) is 0 Å². The van der Waals surface area contributed by atoms with Gasteiger partial charge in [0.15, 0.2) is 0 Å². The first-order chi connectivity index (χ1) is 8.77. The highest BCUT2D eigenvalue weighted by Crippen LogP contribution is 2.28. The van der Waals surface area contributed by atoms with E-state index in [1.54, 1.807) is 0 Å². The van der Waals surface area contributed by atoms with Gasteiger partial charge in [0.1, 0.15) is 4.90 Å². The number of rotatable bonds is 6. The Balaban J connectivity index is 3.26. The number of sulfonamides is 1. The van der Waals surface area contributed by atoms with Gasteiger partial charge in [0, 0.05) is 6.54 Å². The van der Waals surface area contributed by atoms with Crippen LogP contribution in [-0.4, -0.2) is 26.0 Å². The minimum atomic E-state index is -4.05. The molecule has 0 fully saturated rings. The van der Waals surface area contributed by atoms with Gasteiger partial charge in [-0.3, -0.25) is 0 Å². The van der Waals surface area contributed by atoms with Crippen molar-refractivity contribution < 1.29 is 18.3 Å². The minimum Gasteiger partial charge on any atom is -0.478 e. The van der Waals surface area contributed by atoms with Crippen LogP contribution >= 0.6 is 11.6 Å². The van der Waals surface area contributed by atoms with Crippen molar-refractivity contribution in [3.05, 3.63) is 22.7 Å². The second kappa shape index (κ2) is 6.23. The van der Waals surface area contributed by atoms with Crippen molar-refractivity contribution in [2.24, 2.45) is 5.14 Å². The monoisotopic (exact) mass is 306 g/mol. The summed E-state index contributed by atoms with van der Waals surface area (Å²) in [6, 6.07) is 2.23. The highest BCUT2D eigenvalue weighted by Gasteiger charge is 2.19. The summed E-state index contributed by atoms with van der Waals surface area (Å²) in [5.41, 5.74) is 0.0999. The van der Waals surface area contributed by atoms with Gasteiger partial charge in [0.2, 0.25) is 10.0 Å². The lowest BCUT2D eigenvalue weighted by atomic mass is 10.1. The molecular formula is C11H15ClN2O4S. The molecule has 0 saturated carbocycles. The zero-order valence-corrected chi connectivity index (χ0v) is 11.9. The topological polar surface area (TPSA) is 109 Å². The normalized spacial score (nSPS) is 11.3. The third kappa shape index (κ3) is 4.09. The van der Waals surface area contributed by atoms with Crippen molar-refractivity contribution in [2.75, 3.05) is 11.9 Å². The van der Waals surface area contributed by atoms with E-state index < -0.39 is 20.9 Å². The molecule has 0 spiro atoms. The number of primary sulfonamides is 1. The number of halogens is 1. The Morgan fingerprint density at radius 3 is 2.58 bits per heavy atom. The molecule has 0 aliphatic rings. The van der Waals surface area contributed by atoms with Crippen LogP contribution in [0.25, 0.3) is 0 Å². The van der Waals surface area contributed by atoms with Crippen LogP contribution in [0.2, 0.25) is 5.02 Å².